The lowest BCUT2D eigenvalue weighted by atomic mass is 10.1. The fourth-order valence-electron chi connectivity index (χ4n) is 1.36. The number of benzene rings is 1. The van der Waals surface area contributed by atoms with Crippen molar-refractivity contribution in [2.45, 2.75) is 6.42 Å². The molecule has 2 aromatic rings. The molecule has 0 fully saturated rings. The Balaban J connectivity index is 1.97. The minimum absolute atomic E-state index is 0.00519. The third-order valence-corrected chi connectivity index (χ3v) is 2.18. The van der Waals surface area contributed by atoms with E-state index in [9.17, 15) is 14.9 Å². The maximum absolute atomic E-state index is 11.6. The molecule has 0 unspecified atom stereocenters. The highest BCUT2D eigenvalue weighted by atomic mass is 16.6. The van der Waals surface area contributed by atoms with Crippen LogP contribution in [0.1, 0.15) is 5.56 Å². The Morgan fingerprint density at radius 3 is 2.67 bits per heavy atom. The lowest BCUT2D eigenvalue weighted by Gasteiger charge is -2.01. The molecule has 0 bridgehead atoms. The minimum Gasteiger partial charge on any atom is -0.295 e. The van der Waals surface area contributed by atoms with Crippen LogP contribution in [0.3, 0.4) is 0 Å². The first-order valence-electron chi connectivity index (χ1n) is 5.03. The molecule has 8 heteroatoms. The molecule has 0 radical (unpaired) electrons. The molecule has 0 spiro atoms. The number of carbonyl (C=O) groups is 1. The predicted molar refractivity (Wildman–Crippen MR) is 61.8 cm³/mol. The van der Waals surface area contributed by atoms with E-state index in [1.165, 1.54) is 30.6 Å². The van der Waals surface area contributed by atoms with Crippen molar-refractivity contribution in [3.05, 3.63) is 46.3 Å². The van der Waals surface area contributed by atoms with Gasteiger partial charge < -0.3 is 0 Å². The van der Waals surface area contributed by atoms with Crippen LogP contribution in [0.4, 0.5) is 11.6 Å². The summed E-state index contributed by atoms with van der Waals surface area (Å²) in [5, 5.41) is 19.0. The number of non-ortho nitro benzene ring substituents is 1. The molecule has 92 valence electrons. The van der Waals surface area contributed by atoms with Gasteiger partial charge in [0.15, 0.2) is 0 Å². The van der Waals surface area contributed by atoms with Gasteiger partial charge in [-0.15, -0.1) is 0 Å². The van der Waals surface area contributed by atoms with Gasteiger partial charge in [-0.2, -0.15) is 10.1 Å². The number of aromatic amines is 1. The number of rotatable bonds is 4. The molecule has 0 aliphatic rings. The van der Waals surface area contributed by atoms with Crippen LogP contribution in [0.15, 0.2) is 30.6 Å². The predicted octanol–water partition coefficient (Wildman–Crippen LogP) is 0.894. The molecule has 1 aromatic carbocycles. The van der Waals surface area contributed by atoms with Gasteiger partial charge in [0.05, 0.1) is 11.3 Å². The zero-order chi connectivity index (χ0) is 13.0. The number of amides is 1. The van der Waals surface area contributed by atoms with Crippen molar-refractivity contribution in [2.75, 3.05) is 5.32 Å². The largest absolute Gasteiger partial charge is 0.295 e. The van der Waals surface area contributed by atoms with Gasteiger partial charge in [0.25, 0.3) is 5.69 Å². The van der Waals surface area contributed by atoms with E-state index < -0.39 is 4.92 Å². The number of aromatic nitrogens is 3. The Morgan fingerprint density at radius 2 is 2.11 bits per heavy atom. The summed E-state index contributed by atoms with van der Waals surface area (Å²) < 4.78 is 0. The maximum Gasteiger partial charge on any atom is 0.269 e. The highest BCUT2D eigenvalue weighted by Gasteiger charge is 2.08. The smallest absolute Gasteiger partial charge is 0.269 e. The molecule has 8 nitrogen and oxygen atoms in total. The lowest BCUT2D eigenvalue weighted by Crippen LogP contribution is -2.15. The highest BCUT2D eigenvalue weighted by molar-refractivity contribution is 5.90. The molecule has 1 aromatic heterocycles. The second-order valence-electron chi connectivity index (χ2n) is 3.48. The van der Waals surface area contributed by atoms with Gasteiger partial charge in [0, 0.05) is 12.1 Å². The molecular formula is C10H9N5O3. The highest BCUT2D eigenvalue weighted by Crippen LogP contribution is 2.12. The van der Waals surface area contributed by atoms with Gasteiger partial charge in [-0.1, -0.05) is 12.1 Å². The standard InChI is InChI=1S/C10H9N5O3/c16-9(13-10-11-6-12-14-10)5-7-1-3-8(4-2-7)15(17)18/h1-4,6H,5H2,(H2,11,12,13,14,16). The maximum atomic E-state index is 11.6. The third-order valence-electron chi connectivity index (χ3n) is 2.18. The van der Waals surface area contributed by atoms with Gasteiger partial charge in [0.1, 0.15) is 6.33 Å². The summed E-state index contributed by atoms with van der Waals surface area (Å²) in [5.41, 5.74) is 0.673. The topological polar surface area (TPSA) is 114 Å². The van der Waals surface area contributed by atoms with Crippen LogP contribution in [-0.2, 0) is 11.2 Å². The summed E-state index contributed by atoms with van der Waals surface area (Å²) in [6.45, 7) is 0. The Hall–Kier alpha value is -2.77. The number of hydrogen-bond acceptors (Lipinski definition) is 5. The number of nitrogens with one attached hydrogen (secondary N) is 2. The molecule has 0 saturated heterocycles. The molecular weight excluding hydrogens is 238 g/mol. The molecule has 2 N–H and O–H groups in total. The number of hydrogen-bond donors (Lipinski definition) is 2. The molecule has 1 heterocycles. The van der Waals surface area contributed by atoms with Crippen molar-refractivity contribution in [2.24, 2.45) is 0 Å². The van der Waals surface area contributed by atoms with Crippen molar-refractivity contribution in [1.82, 2.24) is 15.2 Å². The zero-order valence-electron chi connectivity index (χ0n) is 9.16. The Kier molecular flexibility index (Phi) is 3.28. The van der Waals surface area contributed by atoms with E-state index in [1.807, 2.05) is 0 Å². The Bertz CT molecular complexity index is 549. The van der Waals surface area contributed by atoms with E-state index in [1.54, 1.807) is 0 Å². The van der Waals surface area contributed by atoms with Crippen molar-refractivity contribution in [3.63, 3.8) is 0 Å². The number of nitrogens with zero attached hydrogens (tertiary/aromatic N) is 3. The van der Waals surface area contributed by atoms with Gasteiger partial charge in [-0.3, -0.25) is 20.2 Å². The summed E-state index contributed by atoms with van der Waals surface area (Å²) in [6, 6.07) is 5.80. The second kappa shape index (κ2) is 5.04. The average Bonchev–Trinajstić information content (AvgIpc) is 2.82. The number of carbonyl (C=O) groups excluding carboxylic acids is 1. The summed E-state index contributed by atoms with van der Waals surface area (Å²) in [5.74, 6) is -0.0116. The quantitative estimate of drug-likeness (QED) is 0.615. The molecule has 2 rings (SSSR count). The van der Waals surface area contributed by atoms with Crippen molar-refractivity contribution in [1.29, 1.82) is 0 Å². The number of nitro groups is 1. The Labute approximate surface area is 101 Å². The first-order chi connectivity index (χ1) is 8.65. The summed E-state index contributed by atoms with van der Waals surface area (Å²) in [4.78, 5) is 25.3. The summed E-state index contributed by atoms with van der Waals surface area (Å²) in [6.07, 6.45) is 1.39. The number of anilines is 1. The third kappa shape index (κ3) is 2.88. The van der Waals surface area contributed by atoms with E-state index >= 15 is 0 Å². The van der Waals surface area contributed by atoms with E-state index in [-0.39, 0.29) is 24.0 Å². The summed E-state index contributed by atoms with van der Waals surface area (Å²) >= 11 is 0. The first kappa shape index (κ1) is 11.7. The number of H-pyrrole nitrogens is 1. The molecule has 0 atom stereocenters. The number of nitro benzene ring substituents is 1. The van der Waals surface area contributed by atoms with Gasteiger partial charge in [-0.05, 0) is 5.56 Å². The normalized spacial score (nSPS) is 10.0. The molecule has 0 aliphatic carbocycles. The van der Waals surface area contributed by atoms with E-state index in [0.717, 1.165) is 0 Å². The van der Waals surface area contributed by atoms with Crippen LogP contribution in [0, 0.1) is 10.1 Å². The van der Waals surface area contributed by atoms with Crippen LogP contribution in [0.25, 0.3) is 0 Å². The monoisotopic (exact) mass is 247 g/mol. The lowest BCUT2D eigenvalue weighted by molar-refractivity contribution is -0.384. The fourth-order valence-corrected chi connectivity index (χ4v) is 1.36. The first-order valence-corrected chi connectivity index (χ1v) is 5.03. The van der Waals surface area contributed by atoms with Gasteiger partial charge in [-0.25, -0.2) is 5.10 Å². The van der Waals surface area contributed by atoms with E-state index in [2.05, 4.69) is 20.5 Å². The van der Waals surface area contributed by atoms with Crippen molar-refractivity contribution < 1.29 is 9.72 Å². The molecule has 0 aliphatic heterocycles. The van der Waals surface area contributed by atoms with Gasteiger partial charge >= 0.3 is 0 Å². The minimum atomic E-state index is -0.488. The van der Waals surface area contributed by atoms with Crippen LogP contribution in [0.5, 0.6) is 0 Å². The van der Waals surface area contributed by atoms with Crippen molar-refractivity contribution >= 4 is 17.5 Å². The zero-order valence-corrected chi connectivity index (χ0v) is 9.16. The van der Waals surface area contributed by atoms with E-state index in [4.69, 9.17) is 0 Å². The summed E-state index contributed by atoms with van der Waals surface area (Å²) in [7, 11) is 0. The molecule has 18 heavy (non-hydrogen) atoms. The van der Waals surface area contributed by atoms with Crippen LogP contribution in [-0.4, -0.2) is 26.0 Å². The van der Waals surface area contributed by atoms with Crippen LogP contribution >= 0.6 is 0 Å². The Morgan fingerprint density at radius 1 is 1.39 bits per heavy atom. The SMILES string of the molecule is O=C(Cc1ccc([N+](=O)[O-])cc1)Nc1ncn[nH]1. The fraction of sp³-hybridized carbons (Fsp3) is 0.100. The van der Waals surface area contributed by atoms with Gasteiger partial charge in [0.2, 0.25) is 11.9 Å². The van der Waals surface area contributed by atoms with E-state index in [0.29, 0.717) is 5.56 Å². The van der Waals surface area contributed by atoms with Crippen LogP contribution in [0.2, 0.25) is 0 Å². The van der Waals surface area contributed by atoms with Crippen molar-refractivity contribution in [3.8, 4) is 0 Å². The molecule has 1 amide bonds. The average molecular weight is 247 g/mol. The van der Waals surface area contributed by atoms with Crippen LogP contribution < -0.4 is 5.32 Å². The second-order valence-corrected chi connectivity index (χ2v) is 3.48. The molecule has 0 saturated carbocycles.